The second-order valence-electron chi connectivity index (χ2n) is 5.05. The average molecular weight is 271 g/mol. The standard InChI is InChI=1S/C17H18FNO/c1-19-11-17-16-4-2-3-14(15(16)9-10-20-17)12-5-7-13(18)8-6-12/h2-8,17,19H,9-11H2,1H3/t17-/m0/s1. The molecule has 0 radical (unpaired) electrons. The molecule has 1 heterocycles. The highest BCUT2D eigenvalue weighted by Crippen LogP contribution is 2.34. The van der Waals surface area contributed by atoms with Crippen LogP contribution in [0.1, 0.15) is 17.2 Å². The van der Waals surface area contributed by atoms with Crippen LogP contribution in [-0.2, 0) is 11.2 Å². The third kappa shape index (κ3) is 2.47. The first-order chi connectivity index (χ1) is 9.79. The monoisotopic (exact) mass is 271 g/mol. The van der Waals surface area contributed by atoms with Gasteiger partial charge in [-0.1, -0.05) is 30.3 Å². The number of ether oxygens (including phenoxy) is 1. The number of likely N-dealkylation sites (N-methyl/N-ethyl adjacent to an activating group) is 1. The van der Waals surface area contributed by atoms with Gasteiger partial charge in [-0.3, -0.25) is 0 Å². The van der Waals surface area contributed by atoms with Gasteiger partial charge in [0, 0.05) is 6.54 Å². The Hall–Kier alpha value is -1.71. The molecule has 0 aromatic heterocycles. The zero-order valence-electron chi connectivity index (χ0n) is 11.5. The van der Waals surface area contributed by atoms with Crippen LogP contribution in [0.3, 0.4) is 0 Å². The quantitative estimate of drug-likeness (QED) is 0.924. The molecular formula is C17H18FNO. The summed E-state index contributed by atoms with van der Waals surface area (Å²) in [5, 5.41) is 3.17. The van der Waals surface area contributed by atoms with Gasteiger partial charge >= 0.3 is 0 Å². The molecule has 1 aliphatic heterocycles. The Balaban J connectivity index is 2.05. The van der Waals surface area contributed by atoms with Crippen LogP contribution >= 0.6 is 0 Å². The minimum absolute atomic E-state index is 0.101. The van der Waals surface area contributed by atoms with Gasteiger partial charge in [-0.05, 0) is 47.9 Å². The predicted molar refractivity (Wildman–Crippen MR) is 78.2 cm³/mol. The first kappa shape index (κ1) is 13.3. The highest BCUT2D eigenvalue weighted by atomic mass is 19.1. The number of hydrogen-bond acceptors (Lipinski definition) is 2. The van der Waals surface area contributed by atoms with Crippen molar-refractivity contribution < 1.29 is 9.13 Å². The highest BCUT2D eigenvalue weighted by molar-refractivity contribution is 5.69. The summed E-state index contributed by atoms with van der Waals surface area (Å²) in [5.74, 6) is -0.199. The van der Waals surface area contributed by atoms with Crippen molar-refractivity contribution in [3.05, 3.63) is 59.4 Å². The molecule has 2 aromatic carbocycles. The van der Waals surface area contributed by atoms with Crippen LogP contribution in [0, 0.1) is 5.82 Å². The van der Waals surface area contributed by atoms with Crippen LogP contribution in [0.5, 0.6) is 0 Å². The lowest BCUT2D eigenvalue weighted by atomic mass is 9.89. The number of rotatable bonds is 3. The van der Waals surface area contributed by atoms with E-state index >= 15 is 0 Å². The van der Waals surface area contributed by atoms with Crippen molar-refractivity contribution in [2.45, 2.75) is 12.5 Å². The van der Waals surface area contributed by atoms with E-state index in [0.29, 0.717) is 0 Å². The molecule has 3 heteroatoms. The normalized spacial score (nSPS) is 17.8. The molecule has 1 atom stereocenters. The lowest BCUT2D eigenvalue weighted by Gasteiger charge is -2.28. The Morgan fingerprint density at radius 3 is 2.75 bits per heavy atom. The van der Waals surface area contributed by atoms with Gasteiger partial charge in [-0.25, -0.2) is 4.39 Å². The molecule has 3 rings (SSSR count). The second kappa shape index (κ2) is 5.73. The van der Waals surface area contributed by atoms with E-state index in [1.54, 1.807) is 0 Å². The fraction of sp³-hybridized carbons (Fsp3) is 0.294. The van der Waals surface area contributed by atoms with Crippen LogP contribution in [-0.4, -0.2) is 20.2 Å². The second-order valence-corrected chi connectivity index (χ2v) is 5.05. The van der Waals surface area contributed by atoms with Gasteiger partial charge < -0.3 is 10.1 Å². The summed E-state index contributed by atoms with van der Waals surface area (Å²) < 4.78 is 18.9. The van der Waals surface area contributed by atoms with Crippen molar-refractivity contribution in [3.63, 3.8) is 0 Å². The molecule has 2 nitrogen and oxygen atoms in total. The summed E-state index contributed by atoms with van der Waals surface area (Å²) in [6.45, 7) is 1.54. The molecule has 0 bridgehead atoms. The van der Waals surface area contributed by atoms with Gasteiger partial charge in [0.15, 0.2) is 0 Å². The van der Waals surface area contributed by atoms with Gasteiger partial charge in [0.1, 0.15) is 5.82 Å². The first-order valence-corrected chi connectivity index (χ1v) is 6.93. The van der Waals surface area contributed by atoms with Gasteiger partial charge in [0.2, 0.25) is 0 Å². The molecular weight excluding hydrogens is 253 g/mol. The van der Waals surface area contributed by atoms with Crippen molar-refractivity contribution >= 4 is 0 Å². The Labute approximate surface area is 118 Å². The molecule has 1 aliphatic rings. The summed E-state index contributed by atoms with van der Waals surface area (Å²) in [6, 6.07) is 13.0. The summed E-state index contributed by atoms with van der Waals surface area (Å²) in [4.78, 5) is 0. The molecule has 1 N–H and O–H groups in total. The molecule has 20 heavy (non-hydrogen) atoms. The van der Waals surface area contributed by atoms with E-state index < -0.39 is 0 Å². The van der Waals surface area contributed by atoms with E-state index in [9.17, 15) is 4.39 Å². The number of halogens is 1. The van der Waals surface area contributed by atoms with Crippen LogP contribution < -0.4 is 5.32 Å². The van der Waals surface area contributed by atoms with E-state index in [1.807, 2.05) is 19.2 Å². The van der Waals surface area contributed by atoms with E-state index in [0.717, 1.165) is 25.1 Å². The summed E-state index contributed by atoms with van der Waals surface area (Å²) in [7, 11) is 1.93. The summed E-state index contributed by atoms with van der Waals surface area (Å²) >= 11 is 0. The summed E-state index contributed by atoms with van der Waals surface area (Å²) in [5.41, 5.74) is 4.82. The minimum atomic E-state index is -0.199. The zero-order chi connectivity index (χ0) is 13.9. The number of fused-ring (bicyclic) bond motifs is 1. The maximum absolute atomic E-state index is 13.1. The SMILES string of the molecule is CNC[C@@H]1OCCc2c(-c3ccc(F)cc3)cccc21. The maximum atomic E-state index is 13.1. The largest absolute Gasteiger partial charge is 0.372 e. The molecule has 0 fully saturated rings. The Morgan fingerprint density at radius 2 is 2.00 bits per heavy atom. The zero-order valence-corrected chi connectivity index (χ0v) is 11.5. The Bertz CT molecular complexity index is 594. The van der Waals surface area contributed by atoms with E-state index in [2.05, 4.69) is 23.5 Å². The lowest BCUT2D eigenvalue weighted by Crippen LogP contribution is -2.25. The first-order valence-electron chi connectivity index (χ1n) is 6.93. The molecule has 0 aliphatic carbocycles. The third-order valence-corrected chi connectivity index (χ3v) is 3.77. The predicted octanol–water partition coefficient (Wildman–Crippen LogP) is 3.33. The third-order valence-electron chi connectivity index (χ3n) is 3.77. The minimum Gasteiger partial charge on any atom is -0.372 e. The van der Waals surface area contributed by atoms with Gasteiger partial charge in [-0.15, -0.1) is 0 Å². The van der Waals surface area contributed by atoms with Crippen molar-refractivity contribution in [1.29, 1.82) is 0 Å². The Morgan fingerprint density at radius 1 is 1.20 bits per heavy atom. The molecule has 0 saturated heterocycles. The van der Waals surface area contributed by atoms with E-state index in [4.69, 9.17) is 4.74 Å². The topological polar surface area (TPSA) is 21.3 Å². The number of benzene rings is 2. The van der Waals surface area contributed by atoms with Crippen molar-refractivity contribution in [2.75, 3.05) is 20.2 Å². The molecule has 0 spiro atoms. The average Bonchev–Trinajstić information content (AvgIpc) is 2.48. The highest BCUT2D eigenvalue weighted by Gasteiger charge is 2.22. The molecule has 104 valence electrons. The van der Waals surface area contributed by atoms with Crippen molar-refractivity contribution in [2.24, 2.45) is 0 Å². The van der Waals surface area contributed by atoms with Crippen LogP contribution in [0.4, 0.5) is 4.39 Å². The van der Waals surface area contributed by atoms with E-state index in [-0.39, 0.29) is 11.9 Å². The molecule has 2 aromatic rings. The van der Waals surface area contributed by atoms with Crippen molar-refractivity contribution in [3.8, 4) is 11.1 Å². The number of nitrogens with one attached hydrogen (secondary N) is 1. The van der Waals surface area contributed by atoms with Crippen LogP contribution in [0.2, 0.25) is 0 Å². The smallest absolute Gasteiger partial charge is 0.123 e. The van der Waals surface area contributed by atoms with Gasteiger partial charge in [0.05, 0.1) is 12.7 Å². The van der Waals surface area contributed by atoms with Gasteiger partial charge in [-0.2, -0.15) is 0 Å². The van der Waals surface area contributed by atoms with E-state index in [1.165, 1.54) is 28.8 Å². The molecule has 0 unspecified atom stereocenters. The van der Waals surface area contributed by atoms with Crippen LogP contribution in [0.25, 0.3) is 11.1 Å². The lowest BCUT2D eigenvalue weighted by molar-refractivity contribution is 0.0440. The fourth-order valence-corrected chi connectivity index (χ4v) is 2.83. The van der Waals surface area contributed by atoms with Crippen LogP contribution in [0.15, 0.2) is 42.5 Å². The Kier molecular flexibility index (Phi) is 3.81. The number of hydrogen-bond donors (Lipinski definition) is 1. The van der Waals surface area contributed by atoms with Crippen molar-refractivity contribution in [1.82, 2.24) is 5.32 Å². The molecule has 0 amide bonds. The summed E-state index contributed by atoms with van der Waals surface area (Å²) in [6.07, 6.45) is 1.01. The molecule has 0 saturated carbocycles. The van der Waals surface area contributed by atoms with Gasteiger partial charge in [0.25, 0.3) is 0 Å². The fourth-order valence-electron chi connectivity index (χ4n) is 2.83. The maximum Gasteiger partial charge on any atom is 0.123 e.